The summed E-state index contributed by atoms with van der Waals surface area (Å²) in [5.74, 6) is -4.93. The van der Waals surface area contributed by atoms with E-state index in [0.29, 0.717) is 10.9 Å². The maximum absolute atomic E-state index is 12.3. The van der Waals surface area contributed by atoms with Crippen LogP contribution in [0.4, 0.5) is 0 Å². The molecule has 1 aromatic carbocycles. The van der Waals surface area contributed by atoms with Crippen molar-refractivity contribution in [3.63, 3.8) is 0 Å². The normalized spacial score (nSPS) is 12.2. The van der Waals surface area contributed by atoms with E-state index < -0.39 is 41.1 Å². The fraction of sp³-hybridized carbons (Fsp3) is 0.214. The van der Waals surface area contributed by atoms with Crippen molar-refractivity contribution in [2.75, 3.05) is 0 Å². The maximum Gasteiger partial charge on any atom is 0.311 e. The number of carboxylic acids is 2. The maximum atomic E-state index is 12.3. The molecule has 0 aliphatic heterocycles. The van der Waals surface area contributed by atoms with Gasteiger partial charge in [0, 0.05) is 12.4 Å². The zero-order chi connectivity index (χ0) is 15.7. The van der Waals surface area contributed by atoms with Crippen LogP contribution in [0.2, 0.25) is 0 Å². The minimum absolute atomic E-state index is 0.297. The Labute approximate surface area is 118 Å². The molecule has 0 fully saturated rings. The highest BCUT2D eigenvalue weighted by atomic mass is 16.4. The average molecular weight is 291 g/mol. The number of nitrogens with zero attached hydrogens (tertiary/aromatic N) is 1. The van der Waals surface area contributed by atoms with Gasteiger partial charge in [0.25, 0.3) is 5.56 Å². The van der Waals surface area contributed by atoms with Crippen LogP contribution in [0.25, 0.3) is 10.9 Å². The van der Waals surface area contributed by atoms with E-state index in [2.05, 4.69) is 0 Å². The molecule has 0 aliphatic rings. The van der Waals surface area contributed by atoms with Gasteiger partial charge < -0.3 is 19.9 Å². The van der Waals surface area contributed by atoms with Crippen LogP contribution in [0, 0.1) is 0 Å². The summed E-state index contributed by atoms with van der Waals surface area (Å²) in [6, 6.07) is 6.44. The predicted molar refractivity (Wildman–Crippen MR) is 73.5 cm³/mol. The summed E-state index contributed by atoms with van der Waals surface area (Å²) in [6.45, 7) is 0. The van der Waals surface area contributed by atoms with Crippen molar-refractivity contribution in [3.8, 4) is 5.75 Å². The molecule has 0 aliphatic carbocycles. The van der Waals surface area contributed by atoms with Crippen LogP contribution in [-0.4, -0.2) is 31.8 Å². The Kier molecular flexibility index (Phi) is 3.66. The molecule has 1 aromatic heterocycles. The number of carboxylic acid groups (broad SMARTS) is 2. The minimum Gasteiger partial charge on any atom is -0.507 e. The van der Waals surface area contributed by atoms with Crippen molar-refractivity contribution in [2.24, 2.45) is 7.05 Å². The van der Waals surface area contributed by atoms with Crippen LogP contribution in [-0.2, 0) is 16.6 Å². The number of hydrogen-bond donors (Lipinski definition) is 3. The lowest BCUT2D eigenvalue weighted by Crippen LogP contribution is -2.28. The van der Waals surface area contributed by atoms with Gasteiger partial charge in [-0.15, -0.1) is 0 Å². The zero-order valence-electron chi connectivity index (χ0n) is 11.1. The van der Waals surface area contributed by atoms with Gasteiger partial charge in [-0.2, -0.15) is 0 Å². The van der Waals surface area contributed by atoms with E-state index in [0.717, 1.165) is 0 Å². The number of carbonyl (C=O) groups is 2. The van der Waals surface area contributed by atoms with Crippen molar-refractivity contribution in [2.45, 2.75) is 12.3 Å². The highest BCUT2D eigenvalue weighted by molar-refractivity contribution is 5.90. The Morgan fingerprint density at radius 1 is 1.24 bits per heavy atom. The Morgan fingerprint density at radius 3 is 2.43 bits per heavy atom. The molecular weight excluding hydrogens is 278 g/mol. The number of fused-ring (bicyclic) bond motifs is 1. The van der Waals surface area contributed by atoms with E-state index >= 15 is 0 Å². The summed E-state index contributed by atoms with van der Waals surface area (Å²) in [5.41, 5.74) is -0.700. The first kappa shape index (κ1) is 14.6. The molecule has 0 saturated carbocycles. The third kappa shape index (κ3) is 2.45. The second-order valence-corrected chi connectivity index (χ2v) is 4.63. The predicted octanol–water partition coefficient (Wildman–Crippen LogP) is 0.887. The SMILES string of the molecule is Cn1c(=O)c(C(CC(=O)O)C(=O)O)c(O)c2ccccc21. The van der Waals surface area contributed by atoms with Gasteiger partial charge in [0.1, 0.15) is 11.7 Å². The fourth-order valence-corrected chi connectivity index (χ4v) is 2.30. The Morgan fingerprint density at radius 2 is 1.86 bits per heavy atom. The molecule has 7 heteroatoms. The number of pyridine rings is 1. The second kappa shape index (κ2) is 5.28. The number of para-hydroxylation sites is 1. The lowest BCUT2D eigenvalue weighted by atomic mass is 9.94. The van der Waals surface area contributed by atoms with Crippen LogP contribution in [0.5, 0.6) is 5.75 Å². The van der Waals surface area contributed by atoms with Gasteiger partial charge in [-0.1, -0.05) is 12.1 Å². The fourth-order valence-electron chi connectivity index (χ4n) is 2.30. The number of aliphatic carboxylic acids is 2. The second-order valence-electron chi connectivity index (χ2n) is 4.63. The van der Waals surface area contributed by atoms with Gasteiger partial charge in [0.15, 0.2) is 0 Å². The summed E-state index contributed by atoms with van der Waals surface area (Å²) in [7, 11) is 1.44. The van der Waals surface area contributed by atoms with E-state index in [1.54, 1.807) is 18.2 Å². The number of hydrogen-bond acceptors (Lipinski definition) is 4. The third-order valence-corrected chi connectivity index (χ3v) is 3.34. The van der Waals surface area contributed by atoms with E-state index in [-0.39, 0.29) is 0 Å². The molecule has 0 amide bonds. The molecule has 2 aromatic rings. The highest BCUT2D eigenvalue weighted by Gasteiger charge is 2.30. The van der Waals surface area contributed by atoms with Crippen LogP contribution in [0.15, 0.2) is 29.1 Å². The Hall–Kier alpha value is -2.83. The molecule has 0 radical (unpaired) electrons. The standard InChI is InChI=1S/C14H13NO6/c1-15-9-5-3-2-4-7(9)12(18)11(13(15)19)8(14(20)21)6-10(16)17/h2-5,8,18H,6H2,1H3,(H,16,17)(H,20,21). The number of benzene rings is 1. The van der Waals surface area contributed by atoms with Gasteiger partial charge in [0.05, 0.1) is 17.5 Å². The highest BCUT2D eigenvalue weighted by Crippen LogP contribution is 2.32. The summed E-state index contributed by atoms with van der Waals surface area (Å²) >= 11 is 0. The molecule has 0 spiro atoms. The van der Waals surface area contributed by atoms with Crippen LogP contribution < -0.4 is 5.56 Å². The molecule has 21 heavy (non-hydrogen) atoms. The quantitative estimate of drug-likeness (QED) is 0.770. The zero-order valence-corrected chi connectivity index (χ0v) is 11.1. The van der Waals surface area contributed by atoms with Crippen molar-refractivity contribution >= 4 is 22.8 Å². The number of aromatic hydroxyl groups is 1. The lowest BCUT2D eigenvalue weighted by Gasteiger charge is -2.15. The summed E-state index contributed by atoms with van der Waals surface area (Å²) < 4.78 is 1.20. The molecule has 1 atom stereocenters. The van der Waals surface area contributed by atoms with Gasteiger partial charge in [-0.05, 0) is 12.1 Å². The summed E-state index contributed by atoms with van der Waals surface area (Å²) in [4.78, 5) is 34.3. The topological polar surface area (TPSA) is 117 Å². The van der Waals surface area contributed by atoms with E-state index in [1.807, 2.05) is 0 Å². The van der Waals surface area contributed by atoms with Crippen LogP contribution >= 0.6 is 0 Å². The largest absolute Gasteiger partial charge is 0.507 e. The first-order valence-electron chi connectivity index (χ1n) is 6.09. The van der Waals surface area contributed by atoms with Crippen molar-refractivity contribution in [3.05, 3.63) is 40.2 Å². The first-order chi connectivity index (χ1) is 9.84. The van der Waals surface area contributed by atoms with Crippen molar-refractivity contribution in [1.82, 2.24) is 4.57 Å². The van der Waals surface area contributed by atoms with Gasteiger partial charge in [-0.25, -0.2) is 0 Å². The molecule has 7 nitrogen and oxygen atoms in total. The van der Waals surface area contributed by atoms with Crippen LogP contribution in [0.3, 0.4) is 0 Å². The summed E-state index contributed by atoms with van der Waals surface area (Å²) in [6.07, 6.45) is -0.781. The van der Waals surface area contributed by atoms with Crippen molar-refractivity contribution in [1.29, 1.82) is 0 Å². The molecule has 110 valence electrons. The third-order valence-electron chi connectivity index (χ3n) is 3.34. The monoisotopic (exact) mass is 291 g/mol. The Bertz CT molecular complexity index is 792. The molecule has 1 unspecified atom stereocenters. The molecule has 0 saturated heterocycles. The number of rotatable bonds is 4. The van der Waals surface area contributed by atoms with Gasteiger partial charge in [-0.3, -0.25) is 14.4 Å². The van der Waals surface area contributed by atoms with E-state index in [9.17, 15) is 19.5 Å². The molecule has 3 N–H and O–H groups in total. The van der Waals surface area contributed by atoms with E-state index in [4.69, 9.17) is 10.2 Å². The smallest absolute Gasteiger partial charge is 0.311 e. The summed E-state index contributed by atoms with van der Waals surface area (Å²) in [5, 5.41) is 28.5. The van der Waals surface area contributed by atoms with Crippen molar-refractivity contribution < 1.29 is 24.9 Å². The molecule has 2 rings (SSSR count). The number of aryl methyl sites for hydroxylation is 1. The average Bonchev–Trinajstić information content (AvgIpc) is 2.43. The molecular formula is C14H13NO6. The lowest BCUT2D eigenvalue weighted by molar-refractivity contribution is -0.145. The van der Waals surface area contributed by atoms with E-state index in [1.165, 1.54) is 17.7 Å². The Balaban J connectivity index is 2.82. The molecule has 0 bridgehead atoms. The van der Waals surface area contributed by atoms with Gasteiger partial charge in [0.2, 0.25) is 0 Å². The first-order valence-corrected chi connectivity index (χ1v) is 6.09. The minimum atomic E-state index is -1.61. The number of aromatic nitrogens is 1. The van der Waals surface area contributed by atoms with Crippen LogP contribution in [0.1, 0.15) is 17.9 Å². The molecule has 1 heterocycles. The van der Waals surface area contributed by atoms with Gasteiger partial charge >= 0.3 is 11.9 Å².